The second-order valence-corrected chi connectivity index (χ2v) is 5.76. The summed E-state index contributed by atoms with van der Waals surface area (Å²) in [6.07, 6.45) is 0.715. The lowest BCUT2D eigenvalue weighted by Gasteiger charge is -2.27. The quantitative estimate of drug-likeness (QED) is 0.825. The van der Waals surface area contributed by atoms with Gasteiger partial charge in [-0.1, -0.05) is 0 Å². The van der Waals surface area contributed by atoms with Crippen LogP contribution in [0.5, 0.6) is 0 Å². The average molecular weight is 275 g/mol. The molecule has 1 aromatic carbocycles. The van der Waals surface area contributed by atoms with Crippen LogP contribution in [0.2, 0.25) is 0 Å². The van der Waals surface area contributed by atoms with E-state index in [9.17, 15) is 12.8 Å². The van der Waals surface area contributed by atoms with Gasteiger partial charge in [-0.05, 0) is 38.1 Å². The van der Waals surface area contributed by atoms with Gasteiger partial charge in [0.1, 0.15) is 5.82 Å². The van der Waals surface area contributed by atoms with Crippen molar-refractivity contribution >= 4 is 15.7 Å². The summed E-state index contributed by atoms with van der Waals surface area (Å²) in [6, 6.07) is 3.68. The Morgan fingerprint density at radius 2 is 2.06 bits per heavy atom. The normalized spacial score (nSPS) is 13.4. The minimum atomic E-state index is -3.88. The number of rotatable bonds is 5. The second kappa shape index (κ2) is 5.64. The molecule has 0 heterocycles. The molecule has 0 aliphatic heterocycles. The Kier molecular flexibility index (Phi) is 4.66. The van der Waals surface area contributed by atoms with Gasteiger partial charge in [0.15, 0.2) is 0 Å². The first kappa shape index (κ1) is 14.9. The van der Waals surface area contributed by atoms with Crippen molar-refractivity contribution in [2.45, 2.75) is 24.3 Å². The van der Waals surface area contributed by atoms with Gasteiger partial charge >= 0.3 is 0 Å². The van der Waals surface area contributed by atoms with Gasteiger partial charge in [-0.2, -0.15) is 0 Å². The van der Waals surface area contributed by atoms with Gasteiger partial charge in [0.25, 0.3) is 0 Å². The van der Waals surface area contributed by atoms with Gasteiger partial charge in [-0.3, -0.25) is 0 Å². The third-order valence-electron chi connectivity index (χ3n) is 2.87. The number of nitrogens with two attached hydrogens (primary N) is 2. The minimum absolute atomic E-state index is 0.0600. The smallest absolute Gasteiger partial charge is 0.238 e. The first-order chi connectivity index (χ1) is 8.27. The van der Waals surface area contributed by atoms with Crippen LogP contribution in [0.1, 0.15) is 13.3 Å². The van der Waals surface area contributed by atoms with E-state index in [2.05, 4.69) is 0 Å². The van der Waals surface area contributed by atoms with Crippen LogP contribution in [-0.4, -0.2) is 28.1 Å². The number of primary sulfonamides is 1. The van der Waals surface area contributed by atoms with Crippen LogP contribution in [0.4, 0.5) is 10.1 Å². The van der Waals surface area contributed by atoms with Crippen molar-refractivity contribution in [2.24, 2.45) is 10.9 Å². The van der Waals surface area contributed by atoms with Crippen molar-refractivity contribution in [2.75, 3.05) is 18.5 Å². The predicted octanol–water partition coefficient (Wildman–Crippen LogP) is 0.647. The molecule has 1 unspecified atom stereocenters. The molecule has 0 saturated heterocycles. The maximum Gasteiger partial charge on any atom is 0.238 e. The molecule has 0 radical (unpaired) electrons. The SMILES string of the molecule is CC(CCN)N(C)c1ccc(S(N)(=O)=O)cc1F. The maximum atomic E-state index is 13.8. The van der Waals surface area contributed by atoms with Gasteiger partial charge in [0.05, 0.1) is 10.6 Å². The van der Waals surface area contributed by atoms with Crippen molar-refractivity contribution in [3.05, 3.63) is 24.0 Å². The number of nitrogens with zero attached hydrogens (tertiary/aromatic N) is 1. The van der Waals surface area contributed by atoms with Crippen LogP contribution in [-0.2, 0) is 10.0 Å². The average Bonchev–Trinajstić information content (AvgIpc) is 2.27. The van der Waals surface area contributed by atoms with Gasteiger partial charge < -0.3 is 10.6 Å². The lowest BCUT2D eigenvalue weighted by molar-refractivity contribution is 0.581. The third-order valence-corrected chi connectivity index (χ3v) is 3.78. The summed E-state index contributed by atoms with van der Waals surface area (Å²) in [5.41, 5.74) is 5.77. The molecule has 0 saturated carbocycles. The van der Waals surface area contributed by atoms with E-state index >= 15 is 0 Å². The zero-order chi connectivity index (χ0) is 13.9. The molecule has 0 fully saturated rings. The fraction of sp³-hybridized carbons (Fsp3) is 0.455. The molecule has 0 spiro atoms. The Balaban J connectivity index is 3.06. The lowest BCUT2D eigenvalue weighted by atomic mass is 10.2. The molecule has 0 aromatic heterocycles. The van der Waals surface area contributed by atoms with E-state index in [0.29, 0.717) is 18.7 Å². The Morgan fingerprint density at radius 3 is 2.50 bits per heavy atom. The largest absolute Gasteiger partial charge is 0.369 e. The van der Waals surface area contributed by atoms with Crippen molar-refractivity contribution in [3.8, 4) is 0 Å². The summed E-state index contributed by atoms with van der Waals surface area (Å²) in [5.74, 6) is -0.618. The Bertz CT molecular complexity index is 519. The molecule has 1 aromatic rings. The number of halogens is 1. The first-order valence-corrected chi connectivity index (χ1v) is 7.07. The van der Waals surface area contributed by atoms with Crippen LogP contribution in [0, 0.1) is 5.82 Å². The monoisotopic (exact) mass is 275 g/mol. The van der Waals surface area contributed by atoms with E-state index in [1.165, 1.54) is 12.1 Å². The molecule has 18 heavy (non-hydrogen) atoms. The highest BCUT2D eigenvalue weighted by Gasteiger charge is 2.16. The molecule has 1 atom stereocenters. The fourth-order valence-electron chi connectivity index (χ4n) is 1.62. The molecule has 0 bridgehead atoms. The number of hydrogen-bond acceptors (Lipinski definition) is 4. The molecule has 7 heteroatoms. The number of hydrogen-bond donors (Lipinski definition) is 2. The minimum Gasteiger partial charge on any atom is -0.369 e. The Hall–Kier alpha value is -1.18. The van der Waals surface area contributed by atoms with Crippen molar-refractivity contribution in [3.63, 3.8) is 0 Å². The predicted molar refractivity (Wildman–Crippen MR) is 69.3 cm³/mol. The van der Waals surface area contributed by atoms with Crippen LogP contribution >= 0.6 is 0 Å². The van der Waals surface area contributed by atoms with Crippen molar-refractivity contribution in [1.29, 1.82) is 0 Å². The Morgan fingerprint density at radius 1 is 1.44 bits per heavy atom. The molecule has 0 aliphatic rings. The summed E-state index contributed by atoms with van der Waals surface area (Å²) in [5, 5.41) is 4.93. The van der Waals surface area contributed by atoms with E-state index in [-0.39, 0.29) is 10.9 Å². The standard InChI is InChI=1S/C11H18FN3O2S/c1-8(5-6-13)15(2)11-4-3-9(7-10(11)12)18(14,16)17/h3-4,7-8H,5-6,13H2,1-2H3,(H2,14,16,17). The van der Waals surface area contributed by atoms with Gasteiger partial charge in [-0.25, -0.2) is 17.9 Å². The van der Waals surface area contributed by atoms with Gasteiger partial charge in [0.2, 0.25) is 10.0 Å². The van der Waals surface area contributed by atoms with Crippen molar-refractivity contribution in [1.82, 2.24) is 0 Å². The molecule has 4 N–H and O–H groups in total. The molecular weight excluding hydrogens is 257 g/mol. The lowest BCUT2D eigenvalue weighted by Crippen LogP contribution is -2.31. The summed E-state index contributed by atoms with van der Waals surface area (Å²) in [6.45, 7) is 2.42. The topological polar surface area (TPSA) is 89.4 Å². The summed E-state index contributed by atoms with van der Waals surface area (Å²) in [4.78, 5) is 1.48. The molecule has 5 nitrogen and oxygen atoms in total. The number of benzene rings is 1. The van der Waals surface area contributed by atoms with Gasteiger partial charge in [-0.15, -0.1) is 0 Å². The molecular formula is C11H18FN3O2S. The first-order valence-electron chi connectivity index (χ1n) is 5.52. The van der Waals surface area contributed by atoms with Crippen LogP contribution in [0.25, 0.3) is 0 Å². The van der Waals surface area contributed by atoms with Crippen LogP contribution in [0.15, 0.2) is 23.1 Å². The van der Waals surface area contributed by atoms with E-state index in [4.69, 9.17) is 10.9 Å². The molecule has 1 rings (SSSR count). The highest BCUT2D eigenvalue weighted by atomic mass is 32.2. The number of anilines is 1. The fourth-order valence-corrected chi connectivity index (χ4v) is 2.15. The van der Waals surface area contributed by atoms with E-state index in [1.54, 1.807) is 11.9 Å². The van der Waals surface area contributed by atoms with E-state index < -0.39 is 15.8 Å². The Labute approximate surface area is 107 Å². The molecule has 0 amide bonds. The molecule has 102 valence electrons. The summed E-state index contributed by atoms with van der Waals surface area (Å²) < 4.78 is 36.0. The van der Waals surface area contributed by atoms with Crippen LogP contribution in [0.3, 0.4) is 0 Å². The van der Waals surface area contributed by atoms with Crippen molar-refractivity contribution < 1.29 is 12.8 Å². The molecule has 0 aliphatic carbocycles. The second-order valence-electron chi connectivity index (χ2n) is 4.20. The highest BCUT2D eigenvalue weighted by molar-refractivity contribution is 7.89. The highest BCUT2D eigenvalue weighted by Crippen LogP contribution is 2.23. The zero-order valence-corrected chi connectivity index (χ0v) is 11.2. The zero-order valence-electron chi connectivity index (χ0n) is 10.4. The third kappa shape index (κ3) is 3.41. The van der Waals surface area contributed by atoms with Crippen LogP contribution < -0.4 is 15.8 Å². The summed E-state index contributed by atoms with van der Waals surface area (Å²) >= 11 is 0. The van der Waals surface area contributed by atoms with E-state index in [1.807, 2.05) is 6.92 Å². The van der Waals surface area contributed by atoms with E-state index in [0.717, 1.165) is 6.07 Å². The maximum absolute atomic E-state index is 13.8. The van der Waals surface area contributed by atoms with Gasteiger partial charge in [0, 0.05) is 13.1 Å². The number of sulfonamides is 1. The summed E-state index contributed by atoms with van der Waals surface area (Å²) in [7, 11) is -2.15.